The Kier molecular flexibility index (Phi) is 6.30. The van der Waals surface area contributed by atoms with Crippen molar-refractivity contribution in [1.29, 1.82) is 0 Å². The number of ether oxygens (including phenoxy) is 2. The Morgan fingerprint density at radius 2 is 1.63 bits per heavy atom. The Morgan fingerprint density at radius 1 is 0.963 bits per heavy atom. The molecule has 6 heteroatoms. The molecule has 0 bridgehead atoms. The number of hydrogen-bond donors (Lipinski definition) is 2. The first kappa shape index (κ1) is 18.8. The van der Waals surface area contributed by atoms with Gasteiger partial charge in [0.05, 0.1) is 11.3 Å². The van der Waals surface area contributed by atoms with Crippen molar-refractivity contribution >= 4 is 17.6 Å². The fourth-order valence-electron chi connectivity index (χ4n) is 3.12. The molecule has 0 spiro atoms. The number of carboxylic acids is 1. The van der Waals surface area contributed by atoms with Crippen molar-refractivity contribution in [2.75, 3.05) is 18.5 Å². The second-order valence-electron chi connectivity index (χ2n) is 6.49. The van der Waals surface area contributed by atoms with Crippen molar-refractivity contribution in [1.82, 2.24) is 0 Å². The summed E-state index contributed by atoms with van der Waals surface area (Å²) in [6, 6.07) is 13.6. The third-order valence-corrected chi connectivity index (χ3v) is 4.58. The number of aromatic carboxylic acids is 1. The van der Waals surface area contributed by atoms with Gasteiger partial charge in [-0.1, -0.05) is 25.0 Å². The van der Waals surface area contributed by atoms with Crippen LogP contribution in [0, 0.1) is 5.92 Å². The van der Waals surface area contributed by atoms with Crippen molar-refractivity contribution in [2.24, 2.45) is 5.92 Å². The van der Waals surface area contributed by atoms with Gasteiger partial charge in [0.1, 0.15) is 24.7 Å². The summed E-state index contributed by atoms with van der Waals surface area (Å²) in [7, 11) is 0. The van der Waals surface area contributed by atoms with E-state index in [2.05, 4.69) is 5.32 Å². The molecule has 1 aliphatic carbocycles. The summed E-state index contributed by atoms with van der Waals surface area (Å²) in [5, 5.41) is 11.9. The molecule has 2 N–H and O–H groups in total. The fraction of sp³-hybridized carbons (Fsp3) is 0.333. The van der Waals surface area contributed by atoms with E-state index in [1.165, 1.54) is 12.1 Å². The van der Waals surface area contributed by atoms with Crippen LogP contribution in [0.5, 0.6) is 11.5 Å². The summed E-state index contributed by atoms with van der Waals surface area (Å²) in [5.74, 6) is 0.356. The number of anilines is 1. The lowest BCUT2D eigenvalue weighted by Crippen LogP contribution is -2.21. The molecule has 0 atom stereocenters. The minimum atomic E-state index is -0.971. The number of benzene rings is 2. The van der Waals surface area contributed by atoms with Crippen LogP contribution in [0.25, 0.3) is 0 Å². The van der Waals surface area contributed by atoms with Crippen LogP contribution in [-0.4, -0.2) is 30.2 Å². The van der Waals surface area contributed by atoms with E-state index in [9.17, 15) is 9.59 Å². The number of nitrogens with one attached hydrogen (secondary N) is 1. The van der Waals surface area contributed by atoms with Gasteiger partial charge in [0.25, 0.3) is 0 Å². The van der Waals surface area contributed by atoms with E-state index in [0.29, 0.717) is 30.4 Å². The van der Waals surface area contributed by atoms with E-state index in [1.807, 2.05) is 24.3 Å². The molecule has 0 aromatic heterocycles. The number of hydrogen-bond acceptors (Lipinski definition) is 4. The van der Waals surface area contributed by atoms with Gasteiger partial charge in [-0.15, -0.1) is 0 Å². The Bertz CT molecular complexity index is 781. The molecule has 0 heterocycles. The Morgan fingerprint density at radius 3 is 2.33 bits per heavy atom. The number of para-hydroxylation sites is 2. The highest BCUT2D eigenvalue weighted by Gasteiger charge is 2.23. The Labute approximate surface area is 158 Å². The predicted octanol–water partition coefficient (Wildman–Crippen LogP) is 3.97. The lowest BCUT2D eigenvalue weighted by molar-refractivity contribution is -0.119. The largest absolute Gasteiger partial charge is 0.490 e. The van der Waals surface area contributed by atoms with E-state index < -0.39 is 5.97 Å². The van der Waals surface area contributed by atoms with Gasteiger partial charge >= 0.3 is 5.97 Å². The normalized spacial score (nSPS) is 13.9. The summed E-state index contributed by atoms with van der Waals surface area (Å²) < 4.78 is 11.3. The van der Waals surface area contributed by atoms with Crippen LogP contribution in [-0.2, 0) is 4.79 Å². The molecule has 2 aromatic carbocycles. The zero-order valence-electron chi connectivity index (χ0n) is 15.0. The molecule has 0 saturated heterocycles. The minimum absolute atomic E-state index is 0.0540. The fourth-order valence-corrected chi connectivity index (χ4v) is 3.12. The molecule has 0 unspecified atom stereocenters. The van der Waals surface area contributed by atoms with Crippen LogP contribution in [0.1, 0.15) is 36.0 Å². The first-order valence-electron chi connectivity index (χ1n) is 9.12. The summed E-state index contributed by atoms with van der Waals surface area (Å²) in [5.41, 5.74) is 0.880. The summed E-state index contributed by atoms with van der Waals surface area (Å²) in [6.07, 6.45) is 4.12. The second kappa shape index (κ2) is 9.07. The minimum Gasteiger partial charge on any atom is -0.490 e. The maximum absolute atomic E-state index is 12.3. The van der Waals surface area contributed by atoms with Gasteiger partial charge in [0.15, 0.2) is 0 Å². The van der Waals surface area contributed by atoms with E-state index >= 15 is 0 Å². The number of amides is 1. The molecule has 6 nitrogen and oxygen atoms in total. The number of carboxylic acid groups (broad SMARTS) is 1. The molecule has 1 saturated carbocycles. The second-order valence-corrected chi connectivity index (χ2v) is 6.49. The van der Waals surface area contributed by atoms with Crippen molar-refractivity contribution in [3.05, 3.63) is 54.1 Å². The maximum Gasteiger partial charge on any atom is 0.335 e. The van der Waals surface area contributed by atoms with Crippen molar-refractivity contribution in [3.63, 3.8) is 0 Å². The molecule has 1 aliphatic rings. The third kappa shape index (κ3) is 5.23. The van der Waals surface area contributed by atoms with Gasteiger partial charge in [0, 0.05) is 5.92 Å². The molecule has 0 radical (unpaired) electrons. The van der Waals surface area contributed by atoms with Gasteiger partial charge in [-0.25, -0.2) is 4.79 Å². The van der Waals surface area contributed by atoms with E-state index in [-0.39, 0.29) is 17.4 Å². The van der Waals surface area contributed by atoms with Gasteiger partial charge in [-0.2, -0.15) is 0 Å². The van der Waals surface area contributed by atoms with Crippen LogP contribution in [0.15, 0.2) is 48.5 Å². The first-order chi connectivity index (χ1) is 13.1. The molecule has 1 amide bonds. The molecular formula is C21H23NO5. The predicted molar refractivity (Wildman–Crippen MR) is 101 cm³/mol. The summed E-state index contributed by atoms with van der Waals surface area (Å²) in [4.78, 5) is 23.2. The zero-order chi connectivity index (χ0) is 19.1. The van der Waals surface area contributed by atoms with Gasteiger partial charge in [0.2, 0.25) is 5.91 Å². The quantitative estimate of drug-likeness (QED) is 0.688. The van der Waals surface area contributed by atoms with Crippen LogP contribution < -0.4 is 14.8 Å². The molecule has 142 valence electrons. The summed E-state index contributed by atoms with van der Waals surface area (Å²) in [6.45, 7) is 0.605. The SMILES string of the molecule is O=C(O)c1ccc(OCCOc2ccccc2NC(=O)C2CCCC2)cc1. The Balaban J connectivity index is 1.49. The number of rotatable bonds is 8. The lowest BCUT2D eigenvalue weighted by Gasteiger charge is -2.15. The summed E-state index contributed by atoms with van der Waals surface area (Å²) >= 11 is 0. The monoisotopic (exact) mass is 369 g/mol. The molecule has 27 heavy (non-hydrogen) atoms. The molecular weight excluding hydrogens is 346 g/mol. The van der Waals surface area contributed by atoms with E-state index in [4.69, 9.17) is 14.6 Å². The maximum atomic E-state index is 12.3. The van der Waals surface area contributed by atoms with Crippen molar-refractivity contribution < 1.29 is 24.2 Å². The Hall–Kier alpha value is -3.02. The molecule has 1 fully saturated rings. The topological polar surface area (TPSA) is 84.9 Å². The smallest absolute Gasteiger partial charge is 0.335 e. The zero-order valence-corrected chi connectivity index (χ0v) is 15.0. The average Bonchev–Trinajstić information content (AvgIpc) is 3.22. The highest BCUT2D eigenvalue weighted by Crippen LogP contribution is 2.29. The highest BCUT2D eigenvalue weighted by atomic mass is 16.5. The van der Waals surface area contributed by atoms with E-state index in [1.54, 1.807) is 12.1 Å². The van der Waals surface area contributed by atoms with Gasteiger partial charge in [-0.05, 0) is 49.2 Å². The van der Waals surface area contributed by atoms with Crippen molar-refractivity contribution in [3.8, 4) is 11.5 Å². The number of carbonyl (C=O) groups excluding carboxylic acids is 1. The van der Waals surface area contributed by atoms with Gasteiger partial charge in [-0.3, -0.25) is 4.79 Å². The lowest BCUT2D eigenvalue weighted by atomic mass is 10.1. The standard InChI is InChI=1S/C21H23NO5/c23-20(15-5-1-2-6-15)22-18-7-3-4-8-19(18)27-14-13-26-17-11-9-16(10-12-17)21(24)25/h3-4,7-12,15H,1-2,5-6,13-14H2,(H,22,23)(H,24,25). The molecule has 2 aromatic rings. The third-order valence-electron chi connectivity index (χ3n) is 4.58. The molecule has 0 aliphatic heterocycles. The van der Waals surface area contributed by atoms with Crippen LogP contribution in [0.2, 0.25) is 0 Å². The molecule has 3 rings (SSSR count). The van der Waals surface area contributed by atoms with Crippen LogP contribution in [0.3, 0.4) is 0 Å². The van der Waals surface area contributed by atoms with Crippen LogP contribution >= 0.6 is 0 Å². The highest BCUT2D eigenvalue weighted by molar-refractivity contribution is 5.94. The first-order valence-corrected chi connectivity index (χ1v) is 9.12. The van der Waals surface area contributed by atoms with E-state index in [0.717, 1.165) is 25.7 Å². The average molecular weight is 369 g/mol. The van der Waals surface area contributed by atoms with Gasteiger partial charge < -0.3 is 19.9 Å². The number of carbonyl (C=O) groups is 2. The van der Waals surface area contributed by atoms with Crippen LogP contribution in [0.4, 0.5) is 5.69 Å². The van der Waals surface area contributed by atoms with Crippen molar-refractivity contribution in [2.45, 2.75) is 25.7 Å².